The minimum Gasteiger partial charge on any atom is -0.493 e. The van der Waals surface area contributed by atoms with Gasteiger partial charge in [0, 0.05) is 10.9 Å². The summed E-state index contributed by atoms with van der Waals surface area (Å²) in [7, 11) is 1.56. The minimum atomic E-state index is -0.899. The number of benzene rings is 1. The number of ether oxygens (including phenoxy) is 3. The van der Waals surface area contributed by atoms with E-state index in [0.29, 0.717) is 41.3 Å². The first-order valence-corrected chi connectivity index (χ1v) is 6.02. The second-order valence-corrected chi connectivity index (χ2v) is 4.47. The van der Waals surface area contributed by atoms with Gasteiger partial charge in [0.05, 0.1) is 20.3 Å². The molecule has 1 aliphatic heterocycles. The number of furan rings is 1. The summed E-state index contributed by atoms with van der Waals surface area (Å²) in [6, 6.07) is 5.18. The van der Waals surface area contributed by atoms with Gasteiger partial charge in [0.15, 0.2) is 23.4 Å². The summed E-state index contributed by atoms with van der Waals surface area (Å²) in [6.45, 7) is 2.83. The SMILES string of the molecule is COc1ccc(C=O)c2cc(C3(C)OCCO3)oc12. The predicted molar refractivity (Wildman–Crippen MR) is 67.4 cm³/mol. The molecule has 0 unspecified atom stereocenters. The van der Waals surface area contributed by atoms with Crippen molar-refractivity contribution in [3.63, 3.8) is 0 Å². The highest BCUT2D eigenvalue weighted by Gasteiger charge is 2.37. The second-order valence-electron chi connectivity index (χ2n) is 4.47. The maximum atomic E-state index is 11.1. The van der Waals surface area contributed by atoms with E-state index in [1.807, 2.05) is 0 Å². The number of methoxy groups -OCH3 is 1. The van der Waals surface area contributed by atoms with Gasteiger partial charge >= 0.3 is 0 Å². The van der Waals surface area contributed by atoms with Gasteiger partial charge in [0.2, 0.25) is 5.79 Å². The molecule has 100 valence electrons. The third-order valence-electron chi connectivity index (χ3n) is 3.31. The molecule has 0 spiro atoms. The van der Waals surface area contributed by atoms with Crippen molar-refractivity contribution in [1.82, 2.24) is 0 Å². The van der Waals surface area contributed by atoms with Gasteiger partial charge in [-0.2, -0.15) is 0 Å². The number of fused-ring (bicyclic) bond motifs is 1. The first kappa shape index (κ1) is 12.2. The molecule has 2 aromatic rings. The van der Waals surface area contributed by atoms with Crippen molar-refractivity contribution in [2.75, 3.05) is 20.3 Å². The Morgan fingerprint density at radius 3 is 2.68 bits per heavy atom. The highest BCUT2D eigenvalue weighted by atomic mass is 16.7. The molecule has 1 saturated heterocycles. The lowest BCUT2D eigenvalue weighted by Gasteiger charge is -2.18. The number of carbonyl (C=O) groups excluding carboxylic acids is 1. The normalized spacial score (nSPS) is 17.8. The number of hydrogen-bond donors (Lipinski definition) is 0. The molecule has 3 rings (SSSR count). The molecule has 0 atom stereocenters. The van der Waals surface area contributed by atoms with Crippen molar-refractivity contribution in [1.29, 1.82) is 0 Å². The Kier molecular flexibility index (Phi) is 2.80. The second kappa shape index (κ2) is 4.36. The van der Waals surface area contributed by atoms with Crippen molar-refractivity contribution in [2.45, 2.75) is 12.7 Å². The molecule has 5 nitrogen and oxygen atoms in total. The lowest BCUT2D eigenvalue weighted by molar-refractivity contribution is -0.162. The first-order chi connectivity index (χ1) is 9.18. The van der Waals surface area contributed by atoms with Crippen molar-refractivity contribution in [2.24, 2.45) is 0 Å². The lowest BCUT2D eigenvalue weighted by atomic mass is 10.1. The zero-order chi connectivity index (χ0) is 13.5. The summed E-state index contributed by atoms with van der Waals surface area (Å²) in [5.74, 6) is 0.213. The van der Waals surface area contributed by atoms with E-state index in [1.54, 1.807) is 32.2 Å². The van der Waals surface area contributed by atoms with Crippen molar-refractivity contribution in [3.8, 4) is 5.75 Å². The van der Waals surface area contributed by atoms with Crippen LogP contribution in [-0.2, 0) is 15.3 Å². The zero-order valence-electron chi connectivity index (χ0n) is 10.8. The van der Waals surface area contributed by atoms with Crippen LogP contribution >= 0.6 is 0 Å². The fourth-order valence-corrected chi connectivity index (χ4v) is 2.26. The van der Waals surface area contributed by atoms with Crippen LogP contribution in [0.2, 0.25) is 0 Å². The van der Waals surface area contributed by atoms with Crippen LogP contribution in [0.5, 0.6) is 5.75 Å². The van der Waals surface area contributed by atoms with E-state index in [0.717, 1.165) is 6.29 Å². The largest absolute Gasteiger partial charge is 0.493 e. The monoisotopic (exact) mass is 262 g/mol. The van der Waals surface area contributed by atoms with E-state index in [2.05, 4.69) is 0 Å². The molecule has 1 aromatic carbocycles. The molecule has 0 radical (unpaired) electrons. The lowest BCUT2D eigenvalue weighted by Crippen LogP contribution is -2.21. The van der Waals surface area contributed by atoms with E-state index in [-0.39, 0.29) is 0 Å². The summed E-state index contributed by atoms with van der Waals surface area (Å²) < 4.78 is 22.1. The number of aldehydes is 1. The van der Waals surface area contributed by atoms with Crippen molar-refractivity contribution < 1.29 is 23.4 Å². The van der Waals surface area contributed by atoms with E-state index in [4.69, 9.17) is 18.6 Å². The Bertz CT molecular complexity index is 622. The summed E-state index contributed by atoms with van der Waals surface area (Å²) >= 11 is 0. The summed E-state index contributed by atoms with van der Waals surface area (Å²) in [5.41, 5.74) is 1.08. The molecular weight excluding hydrogens is 248 g/mol. The Labute approximate surface area is 110 Å². The molecule has 19 heavy (non-hydrogen) atoms. The van der Waals surface area contributed by atoms with Gasteiger partial charge in [0.25, 0.3) is 0 Å². The number of rotatable bonds is 3. The first-order valence-electron chi connectivity index (χ1n) is 6.02. The van der Waals surface area contributed by atoms with Crippen molar-refractivity contribution in [3.05, 3.63) is 29.5 Å². The van der Waals surface area contributed by atoms with Gasteiger partial charge in [-0.3, -0.25) is 4.79 Å². The predicted octanol–water partition coefficient (Wildman–Crippen LogP) is 2.47. The molecule has 0 amide bonds. The van der Waals surface area contributed by atoms with E-state index in [9.17, 15) is 4.79 Å². The maximum Gasteiger partial charge on any atom is 0.225 e. The molecule has 0 aliphatic carbocycles. The van der Waals surface area contributed by atoms with Crippen LogP contribution < -0.4 is 4.74 Å². The number of hydrogen-bond acceptors (Lipinski definition) is 5. The Morgan fingerprint density at radius 2 is 2.05 bits per heavy atom. The zero-order valence-corrected chi connectivity index (χ0v) is 10.8. The standard InChI is InChI=1S/C14H14O5/c1-14(17-5-6-18-14)12-7-10-9(8-15)3-4-11(16-2)13(10)19-12/h3-4,7-8H,5-6H2,1-2H3. The molecule has 1 fully saturated rings. The van der Waals surface area contributed by atoms with Gasteiger partial charge in [-0.05, 0) is 25.1 Å². The van der Waals surface area contributed by atoms with Crippen molar-refractivity contribution >= 4 is 17.3 Å². The molecule has 2 heterocycles. The van der Waals surface area contributed by atoms with Crippen LogP contribution in [-0.4, -0.2) is 26.6 Å². The van der Waals surface area contributed by atoms with E-state index >= 15 is 0 Å². The molecule has 5 heteroatoms. The van der Waals surface area contributed by atoms with E-state index in [1.165, 1.54) is 0 Å². The van der Waals surface area contributed by atoms with Crippen LogP contribution in [0.3, 0.4) is 0 Å². The van der Waals surface area contributed by atoms with Gasteiger partial charge in [0.1, 0.15) is 0 Å². The van der Waals surface area contributed by atoms with Gasteiger partial charge in [-0.25, -0.2) is 0 Å². The van der Waals surface area contributed by atoms with Gasteiger partial charge in [-0.1, -0.05) is 0 Å². The average Bonchev–Trinajstić information content (AvgIpc) is 3.04. The Balaban J connectivity index is 2.21. The average molecular weight is 262 g/mol. The third kappa shape index (κ3) is 1.82. The molecule has 1 aliphatic rings. The summed E-state index contributed by atoms with van der Waals surface area (Å²) in [6.07, 6.45) is 0.791. The van der Waals surface area contributed by atoms with Gasteiger partial charge < -0.3 is 18.6 Å². The quantitative estimate of drug-likeness (QED) is 0.795. The van der Waals surface area contributed by atoms with E-state index < -0.39 is 5.79 Å². The van der Waals surface area contributed by atoms with Crippen LogP contribution in [0.25, 0.3) is 11.0 Å². The van der Waals surface area contributed by atoms with Gasteiger partial charge in [-0.15, -0.1) is 0 Å². The Morgan fingerprint density at radius 1 is 1.32 bits per heavy atom. The third-order valence-corrected chi connectivity index (χ3v) is 3.31. The number of carbonyl (C=O) groups is 1. The highest BCUT2D eigenvalue weighted by molar-refractivity contribution is 5.98. The van der Waals surface area contributed by atoms with Crippen LogP contribution in [0.1, 0.15) is 23.0 Å². The maximum absolute atomic E-state index is 11.1. The smallest absolute Gasteiger partial charge is 0.225 e. The van der Waals surface area contributed by atoms with Crippen LogP contribution in [0.15, 0.2) is 22.6 Å². The van der Waals surface area contributed by atoms with Crippen LogP contribution in [0.4, 0.5) is 0 Å². The molecule has 0 bridgehead atoms. The molecule has 1 aromatic heterocycles. The topological polar surface area (TPSA) is 57.9 Å². The molecular formula is C14H14O5. The molecule has 0 saturated carbocycles. The summed E-state index contributed by atoms with van der Waals surface area (Å²) in [5, 5.41) is 0.699. The molecule has 0 N–H and O–H groups in total. The highest BCUT2D eigenvalue weighted by Crippen LogP contribution is 2.38. The minimum absolute atomic E-state index is 0.519. The fraction of sp³-hybridized carbons (Fsp3) is 0.357. The van der Waals surface area contributed by atoms with Crippen LogP contribution in [0, 0.1) is 0 Å². The summed E-state index contributed by atoms with van der Waals surface area (Å²) in [4.78, 5) is 11.1. The fourth-order valence-electron chi connectivity index (χ4n) is 2.26. The Hall–Kier alpha value is -1.85.